The largest absolute Gasteiger partial charge is 0.272 e. The lowest BCUT2D eigenvalue weighted by molar-refractivity contribution is -0.185. The summed E-state index contributed by atoms with van der Waals surface area (Å²) >= 11 is 0. The fraction of sp³-hybridized carbons (Fsp3) is 0.737. The first kappa shape index (κ1) is 11.8. The summed E-state index contributed by atoms with van der Waals surface area (Å²) in [6.07, 6.45) is 13.4. The Balaban J connectivity index is 1.36. The van der Waals surface area contributed by atoms with Gasteiger partial charge in [0.05, 0.1) is 0 Å². The van der Waals surface area contributed by atoms with Gasteiger partial charge in [-0.2, -0.15) is 0 Å². The van der Waals surface area contributed by atoms with Gasteiger partial charge in [-0.15, -0.1) is 0 Å². The molecule has 0 aliphatic heterocycles. The predicted octanol–water partition coefficient (Wildman–Crippen LogP) is 4.75. The third-order valence-electron chi connectivity index (χ3n) is 8.59. The van der Waals surface area contributed by atoms with Gasteiger partial charge in [0.25, 0.3) is 0 Å². The van der Waals surface area contributed by atoms with Crippen LogP contribution in [0.2, 0.25) is 0 Å². The lowest BCUT2D eigenvalue weighted by Gasteiger charge is -2.67. The van der Waals surface area contributed by atoms with Crippen molar-refractivity contribution in [2.24, 2.45) is 39.0 Å². The number of allylic oxidation sites excluding steroid dienone is 3. The predicted molar refractivity (Wildman–Crippen MR) is 82.5 cm³/mol. The van der Waals surface area contributed by atoms with Gasteiger partial charge < -0.3 is 0 Å². The number of rotatable bonds is 3. The highest BCUT2D eigenvalue weighted by atomic mass is 14.8. The Kier molecular flexibility index (Phi) is 1.86. The van der Waals surface area contributed by atoms with Gasteiger partial charge in [0.15, 0.2) is 0 Å². The minimum Gasteiger partial charge on any atom is -0.272 e. The van der Waals surface area contributed by atoms with Crippen LogP contribution in [-0.4, -0.2) is 6.72 Å². The Bertz CT molecular complexity index is 585. The SMILES string of the molecule is C=NC=C1C=C(C)C12CC2CC1CC2CC13CCC23C. The minimum absolute atomic E-state index is 0.449. The highest BCUT2D eigenvalue weighted by Crippen LogP contribution is 2.85. The van der Waals surface area contributed by atoms with E-state index in [0.717, 1.165) is 28.6 Å². The van der Waals surface area contributed by atoms with Crippen molar-refractivity contribution in [1.29, 1.82) is 0 Å². The normalized spacial score (nSPS) is 59.4. The lowest BCUT2D eigenvalue weighted by atomic mass is 9.37. The lowest BCUT2D eigenvalue weighted by Crippen LogP contribution is -2.59. The summed E-state index contributed by atoms with van der Waals surface area (Å²) in [6.45, 7) is 8.54. The van der Waals surface area contributed by atoms with Crippen molar-refractivity contribution < 1.29 is 0 Å². The van der Waals surface area contributed by atoms with Gasteiger partial charge in [0.1, 0.15) is 0 Å². The van der Waals surface area contributed by atoms with Crippen LogP contribution in [0.5, 0.6) is 0 Å². The molecule has 2 bridgehead atoms. The van der Waals surface area contributed by atoms with E-state index in [0.29, 0.717) is 5.41 Å². The Morgan fingerprint density at radius 1 is 1.35 bits per heavy atom. The summed E-state index contributed by atoms with van der Waals surface area (Å²) in [7, 11) is 0. The fourth-order valence-electron chi connectivity index (χ4n) is 7.08. The van der Waals surface area contributed by atoms with Gasteiger partial charge in [-0.05, 0) is 86.3 Å². The molecule has 6 unspecified atom stereocenters. The molecule has 106 valence electrons. The Morgan fingerprint density at radius 2 is 2.20 bits per heavy atom. The standard InChI is InChI=1S/C19H25N/c1-12-6-16(11-20-3)19(12)10-15(19)8-13-7-14-9-18(13)5-4-17(14,18)2/h6,11,13-15H,3-5,7-10H2,1-2H3. The molecule has 6 aliphatic rings. The zero-order chi connectivity index (χ0) is 13.8. The average Bonchev–Trinajstić information content (AvgIpc) is 3.02. The van der Waals surface area contributed by atoms with Crippen molar-refractivity contribution in [2.75, 3.05) is 0 Å². The zero-order valence-corrected chi connectivity index (χ0v) is 12.8. The molecule has 0 aromatic heterocycles. The second kappa shape index (κ2) is 3.15. The van der Waals surface area contributed by atoms with Crippen molar-refractivity contribution in [3.8, 4) is 0 Å². The average molecular weight is 267 g/mol. The maximum Gasteiger partial charge on any atom is 0.0301 e. The maximum atomic E-state index is 4.01. The topological polar surface area (TPSA) is 12.4 Å². The molecular weight excluding hydrogens is 242 g/mol. The number of nitrogens with zero attached hydrogens (tertiary/aromatic N) is 1. The Hall–Kier alpha value is -0.850. The first-order valence-electron chi connectivity index (χ1n) is 8.42. The molecule has 6 atom stereocenters. The molecule has 0 N–H and O–H groups in total. The quantitative estimate of drug-likeness (QED) is 0.654. The summed E-state index contributed by atoms with van der Waals surface area (Å²) in [5, 5.41) is 0. The van der Waals surface area contributed by atoms with E-state index >= 15 is 0 Å². The Morgan fingerprint density at radius 3 is 2.75 bits per heavy atom. The summed E-state index contributed by atoms with van der Waals surface area (Å²) in [4.78, 5) is 4.01. The molecule has 2 spiro atoms. The highest BCUT2D eigenvalue weighted by molar-refractivity contribution is 5.55. The van der Waals surface area contributed by atoms with Crippen LogP contribution < -0.4 is 0 Å². The van der Waals surface area contributed by atoms with Crippen molar-refractivity contribution in [2.45, 2.75) is 52.4 Å². The van der Waals surface area contributed by atoms with E-state index in [9.17, 15) is 0 Å². The van der Waals surface area contributed by atoms with E-state index < -0.39 is 0 Å². The van der Waals surface area contributed by atoms with E-state index in [1.807, 2.05) is 6.20 Å². The van der Waals surface area contributed by atoms with Gasteiger partial charge in [-0.25, -0.2) is 0 Å². The number of hydrogen-bond acceptors (Lipinski definition) is 1. The van der Waals surface area contributed by atoms with Crippen molar-refractivity contribution in [3.05, 3.63) is 23.4 Å². The fourth-order valence-corrected chi connectivity index (χ4v) is 7.08. The molecule has 0 saturated heterocycles. The van der Waals surface area contributed by atoms with E-state index in [-0.39, 0.29) is 0 Å². The molecule has 1 nitrogen and oxygen atoms in total. The molecule has 6 rings (SSSR count). The van der Waals surface area contributed by atoms with Gasteiger partial charge in [0.2, 0.25) is 0 Å². The first-order valence-corrected chi connectivity index (χ1v) is 8.42. The maximum absolute atomic E-state index is 4.01. The van der Waals surface area contributed by atoms with Crippen LogP contribution in [-0.2, 0) is 0 Å². The van der Waals surface area contributed by atoms with Crippen LogP contribution in [0.25, 0.3) is 0 Å². The molecule has 5 saturated carbocycles. The van der Waals surface area contributed by atoms with Gasteiger partial charge >= 0.3 is 0 Å². The molecule has 5 fully saturated rings. The third-order valence-corrected chi connectivity index (χ3v) is 8.59. The molecule has 20 heavy (non-hydrogen) atoms. The molecule has 6 aliphatic carbocycles. The van der Waals surface area contributed by atoms with E-state index in [1.54, 1.807) is 18.4 Å². The summed E-state index contributed by atoms with van der Waals surface area (Å²) in [5.74, 6) is 3.05. The van der Waals surface area contributed by atoms with E-state index in [1.165, 1.54) is 31.3 Å². The summed E-state index contributed by atoms with van der Waals surface area (Å²) < 4.78 is 0. The molecular formula is C19H25N. The van der Waals surface area contributed by atoms with Gasteiger partial charge in [0, 0.05) is 11.6 Å². The molecule has 0 aromatic rings. The summed E-state index contributed by atoms with van der Waals surface area (Å²) in [5.41, 5.74) is 5.09. The highest BCUT2D eigenvalue weighted by Gasteiger charge is 2.76. The second-order valence-electron chi connectivity index (χ2n) is 8.61. The monoisotopic (exact) mass is 267 g/mol. The second-order valence-corrected chi connectivity index (χ2v) is 8.61. The third kappa shape index (κ3) is 0.963. The first-order chi connectivity index (χ1) is 9.57. The molecule has 0 heterocycles. The number of fused-ring (bicyclic) bond motifs is 1. The number of aliphatic imine (C=N–C) groups is 1. The molecule has 0 amide bonds. The van der Waals surface area contributed by atoms with Crippen molar-refractivity contribution >= 4 is 6.72 Å². The Labute approximate surface area is 122 Å². The van der Waals surface area contributed by atoms with Gasteiger partial charge in [-0.1, -0.05) is 18.6 Å². The minimum atomic E-state index is 0.449. The summed E-state index contributed by atoms with van der Waals surface area (Å²) in [6, 6.07) is 0. The molecule has 1 heteroatoms. The molecule has 0 radical (unpaired) electrons. The van der Waals surface area contributed by atoms with Crippen molar-refractivity contribution in [1.82, 2.24) is 0 Å². The molecule has 0 aromatic carbocycles. The van der Waals surface area contributed by atoms with E-state index in [4.69, 9.17) is 0 Å². The van der Waals surface area contributed by atoms with Crippen LogP contribution in [0.1, 0.15) is 52.4 Å². The van der Waals surface area contributed by atoms with Crippen LogP contribution in [0.4, 0.5) is 0 Å². The number of hydrogen-bond donors (Lipinski definition) is 0. The van der Waals surface area contributed by atoms with Gasteiger partial charge in [-0.3, -0.25) is 4.99 Å². The van der Waals surface area contributed by atoms with Crippen LogP contribution in [0, 0.1) is 34.0 Å². The van der Waals surface area contributed by atoms with Crippen LogP contribution in [0.3, 0.4) is 0 Å². The zero-order valence-electron chi connectivity index (χ0n) is 12.8. The van der Waals surface area contributed by atoms with Crippen LogP contribution >= 0.6 is 0 Å². The van der Waals surface area contributed by atoms with Crippen LogP contribution in [0.15, 0.2) is 28.4 Å². The van der Waals surface area contributed by atoms with E-state index in [2.05, 4.69) is 31.6 Å². The van der Waals surface area contributed by atoms with Crippen molar-refractivity contribution in [3.63, 3.8) is 0 Å². The smallest absolute Gasteiger partial charge is 0.0301 e.